The summed E-state index contributed by atoms with van der Waals surface area (Å²) in [7, 11) is 0. The first-order chi connectivity index (χ1) is 7.63. The lowest BCUT2D eigenvalue weighted by atomic mass is 9.73. The Hall–Kier alpha value is -0.940. The van der Waals surface area contributed by atoms with Gasteiger partial charge in [0.1, 0.15) is 0 Å². The van der Waals surface area contributed by atoms with Crippen LogP contribution in [-0.2, 0) is 16.0 Å². The SMILES string of the molecule is CC(Cc1cscn1)(C(N)=O)C1CCOC1. The number of carbonyl (C=O) groups is 1. The van der Waals surface area contributed by atoms with Gasteiger partial charge in [-0.05, 0) is 12.3 Å². The highest BCUT2D eigenvalue weighted by molar-refractivity contribution is 7.07. The van der Waals surface area contributed by atoms with Gasteiger partial charge in [0.15, 0.2) is 0 Å². The van der Waals surface area contributed by atoms with E-state index in [0.717, 1.165) is 18.7 Å². The summed E-state index contributed by atoms with van der Waals surface area (Å²) in [5.74, 6) is -0.0392. The van der Waals surface area contributed by atoms with Gasteiger partial charge in [-0.2, -0.15) is 0 Å². The minimum atomic E-state index is -0.537. The number of carbonyl (C=O) groups excluding carboxylic acids is 1. The number of hydrogen-bond acceptors (Lipinski definition) is 4. The van der Waals surface area contributed by atoms with Crippen molar-refractivity contribution in [3.8, 4) is 0 Å². The Morgan fingerprint density at radius 3 is 3.12 bits per heavy atom. The monoisotopic (exact) mass is 240 g/mol. The summed E-state index contributed by atoms with van der Waals surface area (Å²) < 4.78 is 5.35. The minimum absolute atomic E-state index is 0.215. The third-order valence-electron chi connectivity index (χ3n) is 3.43. The predicted molar refractivity (Wildman–Crippen MR) is 62.0 cm³/mol. The van der Waals surface area contributed by atoms with E-state index in [0.29, 0.717) is 13.0 Å². The van der Waals surface area contributed by atoms with Gasteiger partial charge in [-0.3, -0.25) is 4.79 Å². The van der Waals surface area contributed by atoms with E-state index in [1.807, 2.05) is 12.3 Å². The first-order valence-corrected chi connectivity index (χ1v) is 6.32. The van der Waals surface area contributed by atoms with Gasteiger partial charge in [0, 0.05) is 18.4 Å². The summed E-state index contributed by atoms with van der Waals surface area (Å²) in [5, 5.41) is 1.97. The largest absolute Gasteiger partial charge is 0.381 e. The second-order valence-corrected chi connectivity index (χ2v) is 5.22. The zero-order valence-corrected chi connectivity index (χ0v) is 10.1. The van der Waals surface area contributed by atoms with E-state index in [1.165, 1.54) is 0 Å². The second kappa shape index (κ2) is 4.51. The Kier molecular flexibility index (Phi) is 3.25. The molecule has 1 aromatic rings. The molecule has 1 amide bonds. The van der Waals surface area contributed by atoms with E-state index in [2.05, 4.69) is 4.98 Å². The van der Waals surface area contributed by atoms with Gasteiger partial charge < -0.3 is 10.5 Å². The molecule has 2 unspecified atom stereocenters. The van der Waals surface area contributed by atoms with E-state index >= 15 is 0 Å². The number of primary amides is 1. The molecule has 0 saturated carbocycles. The molecule has 16 heavy (non-hydrogen) atoms. The molecule has 2 N–H and O–H groups in total. The van der Waals surface area contributed by atoms with Crippen molar-refractivity contribution < 1.29 is 9.53 Å². The number of hydrogen-bond donors (Lipinski definition) is 1. The summed E-state index contributed by atoms with van der Waals surface area (Å²) in [4.78, 5) is 15.9. The summed E-state index contributed by atoms with van der Waals surface area (Å²) in [6.07, 6.45) is 1.52. The number of nitrogens with two attached hydrogens (primary N) is 1. The van der Waals surface area contributed by atoms with Crippen LogP contribution in [-0.4, -0.2) is 24.1 Å². The normalized spacial score (nSPS) is 24.2. The van der Waals surface area contributed by atoms with Crippen LogP contribution in [0.5, 0.6) is 0 Å². The van der Waals surface area contributed by atoms with Crippen LogP contribution in [0.3, 0.4) is 0 Å². The van der Waals surface area contributed by atoms with Crippen molar-refractivity contribution in [3.05, 3.63) is 16.6 Å². The molecule has 1 fully saturated rings. The molecule has 1 aliphatic heterocycles. The Morgan fingerprint density at radius 2 is 2.62 bits per heavy atom. The standard InChI is InChI=1S/C11H16N2O2S/c1-11(10(12)14,8-2-3-15-5-8)4-9-6-16-7-13-9/h6-8H,2-5H2,1H3,(H2,12,14). The molecule has 1 aliphatic rings. The molecule has 1 aromatic heterocycles. The van der Waals surface area contributed by atoms with Crippen LogP contribution >= 0.6 is 11.3 Å². The number of thiazole rings is 1. The first-order valence-electron chi connectivity index (χ1n) is 5.37. The molecule has 2 heterocycles. The van der Waals surface area contributed by atoms with Crippen molar-refractivity contribution in [2.75, 3.05) is 13.2 Å². The first kappa shape index (κ1) is 11.5. The summed E-state index contributed by atoms with van der Waals surface area (Å²) >= 11 is 1.54. The maximum atomic E-state index is 11.7. The van der Waals surface area contributed by atoms with Crippen LogP contribution in [0.4, 0.5) is 0 Å². The average molecular weight is 240 g/mol. The molecular weight excluding hydrogens is 224 g/mol. The van der Waals surface area contributed by atoms with Crippen molar-refractivity contribution in [2.24, 2.45) is 17.1 Å². The fourth-order valence-corrected chi connectivity index (χ4v) is 2.73. The average Bonchev–Trinajstić information content (AvgIpc) is 2.88. The number of rotatable bonds is 4. The molecule has 0 aromatic carbocycles. The Morgan fingerprint density at radius 1 is 1.81 bits per heavy atom. The number of nitrogens with zero attached hydrogens (tertiary/aromatic N) is 1. The highest BCUT2D eigenvalue weighted by Gasteiger charge is 2.42. The van der Waals surface area contributed by atoms with Gasteiger partial charge in [-0.1, -0.05) is 6.92 Å². The van der Waals surface area contributed by atoms with Crippen molar-refractivity contribution in [3.63, 3.8) is 0 Å². The van der Waals surface area contributed by atoms with Gasteiger partial charge in [-0.25, -0.2) is 4.98 Å². The summed E-state index contributed by atoms with van der Waals surface area (Å²) in [5.41, 5.74) is 7.73. The van der Waals surface area contributed by atoms with Gasteiger partial charge >= 0.3 is 0 Å². The van der Waals surface area contributed by atoms with E-state index in [1.54, 1.807) is 16.8 Å². The maximum absolute atomic E-state index is 11.7. The summed E-state index contributed by atoms with van der Waals surface area (Å²) in [6, 6.07) is 0. The smallest absolute Gasteiger partial charge is 0.224 e. The number of aromatic nitrogens is 1. The molecule has 2 rings (SSSR count). The lowest BCUT2D eigenvalue weighted by Crippen LogP contribution is -2.43. The molecule has 1 saturated heterocycles. The van der Waals surface area contributed by atoms with Crippen molar-refractivity contribution in [1.82, 2.24) is 4.98 Å². The van der Waals surface area contributed by atoms with Gasteiger partial charge in [0.25, 0.3) is 0 Å². The topological polar surface area (TPSA) is 65.2 Å². The third-order valence-corrected chi connectivity index (χ3v) is 4.06. The Labute approximate surface area is 98.8 Å². The second-order valence-electron chi connectivity index (χ2n) is 4.50. The van der Waals surface area contributed by atoms with E-state index in [-0.39, 0.29) is 11.8 Å². The molecule has 88 valence electrons. The fraction of sp³-hybridized carbons (Fsp3) is 0.636. The Bertz CT molecular complexity index is 360. The van der Waals surface area contributed by atoms with Crippen molar-refractivity contribution in [2.45, 2.75) is 19.8 Å². The quantitative estimate of drug-likeness (QED) is 0.860. The van der Waals surface area contributed by atoms with E-state index < -0.39 is 5.41 Å². The van der Waals surface area contributed by atoms with Crippen LogP contribution in [0, 0.1) is 11.3 Å². The third kappa shape index (κ3) is 2.10. The molecule has 5 heteroatoms. The van der Waals surface area contributed by atoms with Gasteiger partial charge in [-0.15, -0.1) is 11.3 Å². The van der Waals surface area contributed by atoms with E-state index in [9.17, 15) is 4.79 Å². The number of ether oxygens (including phenoxy) is 1. The van der Waals surface area contributed by atoms with Crippen LogP contribution in [0.2, 0.25) is 0 Å². The molecule has 0 aliphatic carbocycles. The molecular formula is C11H16N2O2S. The number of amides is 1. The minimum Gasteiger partial charge on any atom is -0.381 e. The van der Waals surface area contributed by atoms with Crippen LogP contribution in [0.25, 0.3) is 0 Å². The molecule has 0 bridgehead atoms. The highest BCUT2D eigenvalue weighted by atomic mass is 32.1. The van der Waals surface area contributed by atoms with Crippen LogP contribution < -0.4 is 5.73 Å². The van der Waals surface area contributed by atoms with Gasteiger partial charge in [0.2, 0.25) is 5.91 Å². The van der Waals surface area contributed by atoms with Crippen molar-refractivity contribution >= 4 is 17.2 Å². The van der Waals surface area contributed by atoms with Crippen LogP contribution in [0.1, 0.15) is 19.0 Å². The molecule has 0 radical (unpaired) electrons. The highest BCUT2D eigenvalue weighted by Crippen LogP contribution is 2.36. The fourth-order valence-electron chi connectivity index (χ4n) is 2.17. The summed E-state index contributed by atoms with van der Waals surface area (Å²) in [6.45, 7) is 3.28. The van der Waals surface area contributed by atoms with Gasteiger partial charge in [0.05, 0.1) is 23.2 Å². The molecule has 2 atom stereocenters. The zero-order valence-electron chi connectivity index (χ0n) is 9.31. The maximum Gasteiger partial charge on any atom is 0.224 e. The Balaban J connectivity index is 2.17. The van der Waals surface area contributed by atoms with Crippen molar-refractivity contribution in [1.29, 1.82) is 0 Å². The lowest BCUT2D eigenvalue weighted by Gasteiger charge is -2.30. The predicted octanol–water partition coefficient (Wildman–Crippen LogP) is 1.21. The van der Waals surface area contributed by atoms with Crippen LogP contribution in [0.15, 0.2) is 10.9 Å². The lowest BCUT2D eigenvalue weighted by molar-refractivity contribution is -0.129. The zero-order chi connectivity index (χ0) is 11.6. The van der Waals surface area contributed by atoms with E-state index in [4.69, 9.17) is 10.5 Å². The molecule has 0 spiro atoms. The molecule has 4 nitrogen and oxygen atoms in total.